The first-order valence-electron chi connectivity index (χ1n) is 23.1. The molecule has 0 amide bonds. The number of rotatable bonds is 7. The number of fused-ring (bicyclic) bond motifs is 4. The third kappa shape index (κ3) is 7.19. The fraction of sp³-hybridized carbons (Fsp3) is 0.129. The Morgan fingerprint density at radius 2 is 1.04 bits per heavy atom. The van der Waals surface area contributed by atoms with Crippen molar-refractivity contribution < 1.29 is 5.11 Å². The molecule has 3 heterocycles. The van der Waals surface area contributed by atoms with Gasteiger partial charge in [-0.3, -0.25) is 9.55 Å². The maximum atomic E-state index is 12.7. The highest BCUT2D eigenvalue weighted by molar-refractivity contribution is 6.17. The molecule has 0 spiro atoms. The van der Waals surface area contributed by atoms with Crippen LogP contribution >= 0.6 is 0 Å². The minimum absolute atomic E-state index is 0.212. The van der Waals surface area contributed by atoms with Gasteiger partial charge >= 0.3 is 0 Å². The standard InChI is InChI=1S/C62H52N4O/c1-61(2,3)43-38-50(59(67)51(39-43)62(4,5)6)60-64-57-45(29-21-34-54(57)66(60)58-46(40-22-10-7-11-23-40)30-20-31-47(58)41-24-12-8-13-25-41)42-36-49(52-32-18-19-35-63-52)56-48-28-16-17-33-53(48)65(55(56)37-42)44-26-14-9-15-27-44/h7-39,67H,1-6H3. The molecule has 0 saturated heterocycles. The van der Waals surface area contributed by atoms with E-state index in [-0.39, 0.29) is 16.6 Å². The number of nitrogens with zero attached hydrogens (tertiary/aromatic N) is 4. The number of hydrogen-bond acceptors (Lipinski definition) is 3. The van der Waals surface area contributed by atoms with Gasteiger partial charge in [0.2, 0.25) is 0 Å². The van der Waals surface area contributed by atoms with Gasteiger partial charge in [0, 0.05) is 50.5 Å². The second-order valence-electron chi connectivity index (χ2n) is 19.6. The SMILES string of the molecule is CC(C)(C)c1cc(-c2nc3c(-c4cc(-c5ccccn5)c5c6ccccc6n(-c6ccccc6)c5c4)cccc3n2-c2c(-c3ccccc3)cccc2-c2ccccc2)c(O)c(C(C)(C)C)c1. The molecule has 1 N–H and O–H groups in total. The first-order valence-corrected chi connectivity index (χ1v) is 23.1. The highest BCUT2D eigenvalue weighted by Crippen LogP contribution is 2.48. The molecular weight excluding hydrogens is 817 g/mol. The summed E-state index contributed by atoms with van der Waals surface area (Å²) in [6, 6.07) is 68.6. The summed E-state index contributed by atoms with van der Waals surface area (Å²) >= 11 is 0. The first-order chi connectivity index (χ1) is 32.5. The van der Waals surface area contributed by atoms with Crippen LogP contribution in [-0.2, 0) is 10.8 Å². The normalized spacial score (nSPS) is 12.1. The van der Waals surface area contributed by atoms with Crippen molar-refractivity contribution in [2.45, 2.75) is 52.4 Å². The van der Waals surface area contributed by atoms with Crippen LogP contribution in [0.3, 0.4) is 0 Å². The molecule has 0 fully saturated rings. The Morgan fingerprint density at radius 1 is 0.448 bits per heavy atom. The number of aromatic hydroxyl groups is 1. The van der Waals surface area contributed by atoms with E-state index in [1.54, 1.807) is 0 Å². The summed E-state index contributed by atoms with van der Waals surface area (Å²) in [5.41, 5.74) is 16.4. The summed E-state index contributed by atoms with van der Waals surface area (Å²) in [7, 11) is 0. The molecule has 0 radical (unpaired) electrons. The van der Waals surface area contributed by atoms with Gasteiger partial charge in [0.1, 0.15) is 11.6 Å². The molecule has 11 rings (SSSR count). The fourth-order valence-corrected chi connectivity index (χ4v) is 9.87. The summed E-state index contributed by atoms with van der Waals surface area (Å²) in [4.78, 5) is 10.8. The van der Waals surface area contributed by atoms with E-state index >= 15 is 0 Å². The molecule has 0 aliphatic carbocycles. The third-order valence-corrected chi connectivity index (χ3v) is 13.2. The molecule has 0 bridgehead atoms. The predicted octanol–water partition coefficient (Wildman–Crippen LogP) is 16.2. The van der Waals surface area contributed by atoms with Crippen molar-refractivity contribution >= 4 is 32.8 Å². The molecule has 326 valence electrons. The zero-order chi connectivity index (χ0) is 46.0. The second kappa shape index (κ2) is 16.1. The number of hydrogen-bond donors (Lipinski definition) is 1. The van der Waals surface area contributed by atoms with E-state index in [4.69, 9.17) is 9.97 Å². The van der Waals surface area contributed by atoms with E-state index in [9.17, 15) is 5.11 Å². The fourth-order valence-electron chi connectivity index (χ4n) is 9.87. The third-order valence-electron chi connectivity index (χ3n) is 13.2. The van der Waals surface area contributed by atoms with E-state index in [2.05, 4.69) is 239 Å². The number of para-hydroxylation sites is 4. The van der Waals surface area contributed by atoms with Gasteiger partial charge in [-0.2, -0.15) is 0 Å². The Kier molecular flexibility index (Phi) is 10.0. The van der Waals surface area contributed by atoms with Crippen molar-refractivity contribution in [1.29, 1.82) is 0 Å². The highest BCUT2D eigenvalue weighted by atomic mass is 16.3. The Morgan fingerprint density at radius 3 is 1.69 bits per heavy atom. The van der Waals surface area contributed by atoms with Crippen LogP contribution in [0.2, 0.25) is 0 Å². The maximum absolute atomic E-state index is 12.7. The Hall–Kier alpha value is -8.02. The van der Waals surface area contributed by atoms with Gasteiger partial charge in [-0.1, -0.05) is 181 Å². The van der Waals surface area contributed by atoms with Crippen LogP contribution in [-0.4, -0.2) is 24.2 Å². The van der Waals surface area contributed by atoms with Crippen molar-refractivity contribution in [2.75, 3.05) is 0 Å². The lowest BCUT2D eigenvalue weighted by molar-refractivity contribution is 0.446. The van der Waals surface area contributed by atoms with Crippen LogP contribution in [0, 0.1) is 0 Å². The molecule has 0 aliphatic rings. The topological polar surface area (TPSA) is 55.9 Å². The quantitative estimate of drug-likeness (QED) is 0.174. The average Bonchev–Trinajstić information content (AvgIpc) is 3.90. The Labute approximate surface area is 392 Å². The molecule has 0 atom stereocenters. The van der Waals surface area contributed by atoms with Crippen LogP contribution in [0.15, 0.2) is 200 Å². The van der Waals surface area contributed by atoms with Gasteiger partial charge in [0.05, 0.1) is 39.0 Å². The van der Waals surface area contributed by atoms with Crippen LogP contribution in [0.4, 0.5) is 0 Å². The predicted molar refractivity (Wildman–Crippen MR) is 279 cm³/mol. The summed E-state index contributed by atoms with van der Waals surface area (Å²) in [6.45, 7) is 13.2. The van der Waals surface area contributed by atoms with Crippen LogP contribution in [0.25, 0.3) is 100 Å². The number of phenolic OH excluding ortho intramolecular Hbond substituents is 1. The second-order valence-corrected chi connectivity index (χ2v) is 19.6. The first kappa shape index (κ1) is 41.7. The molecule has 5 heteroatoms. The van der Waals surface area contributed by atoms with Gasteiger partial charge in [0.25, 0.3) is 0 Å². The summed E-state index contributed by atoms with van der Waals surface area (Å²) in [5, 5.41) is 15.1. The Balaban J connectivity index is 1.30. The molecule has 11 aromatic rings. The van der Waals surface area contributed by atoms with Gasteiger partial charge in [-0.25, -0.2) is 4.98 Å². The number of imidazole rings is 1. The average molecular weight is 869 g/mol. The Bertz CT molecular complexity index is 3570. The van der Waals surface area contributed by atoms with Crippen molar-refractivity contribution in [3.05, 3.63) is 211 Å². The molecule has 8 aromatic carbocycles. The number of aromatic nitrogens is 4. The molecule has 3 aromatic heterocycles. The number of benzene rings is 8. The van der Waals surface area contributed by atoms with E-state index in [1.807, 2.05) is 12.3 Å². The van der Waals surface area contributed by atoms with Gasteiger partial charge in [-0.05, 0) is 87.7 Å². The minimum atomic E-state index is -0.353. The van der Waals surface area contributed by atoms with Crippen molar-refractivity contribution in [3.8, 4) is 73.2 Å². The maximum Gasteiger partial charge on any atom is 0.149 e. The zero-order valence-electron chi connectivity index (χ0n) is 38.8. The zero-order valence-corrected chi connectivity index (χ0v) is 38.8. The molecular formula is C62H52N4O. The summed E-state index contributed by atoms with van der Waals surface area (Å²) in [6.07, 6.45) is 1.87. The van der Waals surface area contributed by atoms with Gasteiger partial charge < -0.3 is 9.67 Å². The van der Waals surface area contributed by atoms with Crippen LogP contribution in [0.5, 0.6) is 5.75 Å². The largest absolute Gasteiger partial charge is 0.507 e. The highest BCUT2D eigenvalue weighted by Gasteiger charge is 2.30. The summed E-state index contributed by atoms with van der Waals surface area (Å²) in [5.74, 6) is 0.907. The minimum Gasteiger partial charge on any atom is -0.507 e. The van der Waals surface area contributed by atoms with Crippen molar-refractivity contribution in [2.24, 2.45) is 0 Å². The molecule has 0 unspecified atom stereocenters. The van der Waals surface area contributed by atoms with E-state index in [0.29, 0.717) is 11.4 Å². The van der Waals surface area contributed by atoms with Crippen LogP contribution < -0.4 is 0 Å². The lowest BCUT2D eigenvalue weighted by atomic mass is 9.79. The number of phenols is 1. The van der Waals surface area contributed by atoms with Crippen LogP contribution in [0.1, 0.15) is 52.7 Å². The van der Waals surface area contributed by atoms with Gasteiger partial charge in [0.15, 0.2) is 0 Å². The van der Waals surface area contributed by atoms with Gasteiger partial charge in [-0.15, -0.1) is 0 Å². The molecule has 67 heavy (non-hydrogen) atoms. The van der Waals surface area contributed by atoms with Crippen molar-refractivity contribution in [3.63, 3.8) is 0 Å². The smallest absolute Gasteiger partial charge is 0.149 e. The molecule has 0 aliphatic heterocycles. The molecule has 5 nitrogen and oxygen atoms in total. The number of pyridine rings is 1. The van der Waals surface area contributed by atoms with E-state index in [0.717, 1.165) is 100.0 Å². The molecule has 0 saturated carbocycles. The lowest BCUT2D eigenvalue weighted by Gasteiger charge is -2.28. The summed E-state index contributed by atoms with van der Waals surface area (Å²) < 4.78 is 4.69. The monoisotopic (exact) mass is 868 g/mol. The van der Waals surface area contributed by atoms with Crippen molar-refractivity contribution in [1.82, 2.24) is 19.1 Å². The van der Waals surface area contributed by atoms with E-state index < -0.39 is 0 Å². The lowest BCUT2D eigenvalue weighted by Crippen LogP contribution is -2.17. The van der Waals surface area contributed by atoms with E-state index in [1.165, 1.54) is 0 Å².